The van der Waals surface area contributed by atoms with Crippen molar-refractivity contribution in [3.05, 3.63) is 59.0 Å². The average Bonchev–Trinajstić information content (AvgIpc) is 2.91. The SMILES string of the molecule is CN(C)c1ccc2cc(-c3[nH]c4ccccc4[n+]3C)c(=O)oc2c1. The van der Waals surface area contributed by atoms with E-state index in [-0.39, 0.29) is 5.63 Å². The van der Waals surface area contributed by atoms with Gasteiger partial charge in [0.05, 0.1) is 7.05 Å². The second-order valence-corrected chi connectivity index (χ2v) is 6.11. The van der Waals surface area contributed by atoms with Crippen molar-refractivity contribution < 1.29 is 8.98 Å². The number of imidazole rings is 1. The lowest BCUT2D eigenvalue weighted by molar-refractivity contribution is -0.633. The molecule has 4 aromatic rings. The molecule has 0 unspecified atom stereocenters. The topological polar surface area (TPSA) is 53.1 Å². The number of fused-ring (bicyclic) bond motifs is 2. The number of hydrogen-bond donors (Lipinski definition) is 1. The Morgan fingerprint density at radius 2 is 1.88 bits per heavy atom. The molecule has 2 aromatic heterocycles. The summed E-state index contributed by atoms with van der Waals surface area (Å²) in [5.41, 5.74) is 3.79. The van der Waals surface area contributed by atoms with Crippen LogP contribution in [0.15, 0.2) is 57.7 Å². The highest BCUT2D eigenvalue weighted by atomic mass is 16.4. The van der Waals surface area contributed by atoms with Gasteiger partial charge in [-0.3, -0.25) is 0 Å². The third-order valence-corrected chi connectivity index (χ3v) is 4.34. The number of aromatic amines is 1. The summed E-state index contributed by atoms with van der Waals surface area (Å²) >= 11 is 0. The molecule has 0 amide bonds. The van der Waals surface area contributed by atoms with Gasteiger partial charge in [-0.15, -0.1) is 0 Å². The minimum absolute atomic E-state index is 0.347. The molecule has 5 nitrogen and oxygen atoms in total. The van der Waals surface area contributed by atoms with Gasteiger partial charge in [-0.25, -0.2) is 14.3 Å². The quantitative estimate of drug-likeness (QED) is 0.456. The largest absolute Gasteiger partial charge is 0.422 e. The standard InChI is InChI=1S/C19H17N3O2/c1-21(2)13-9-8-12-10-14(19(23)24-17(12)11-13)18-20-15-6-4-5-7-16(15)22(18)3/h4-11H,1-3H3/p+1. The average molecular weight is 320 g/mol. The van der Waals surface area contributed by atoms with Crippen molar-refractivity contribution in [2.45, 2.75) is 0 Å². The monoisotopic (exact) mass is 320 g/mol. The van der Waals surface area contributed by atoms with Crippen LogP contribution in [0.2, 0.25) is 0 Å². The highest BCUT2D eigenvalue weighted by molar-refractivity contribution is 5.84. The van der Waals surface area contributed by atoms with Crippen LogP contribution in [0.25, 0.3) is 33.4 Å². The Balaban J connectivity index is 1.96. The second-order valence-electron chi connectivity index (χ2n) is 6.11. The summed E-state index contributed by atoms with van der Waals surface area (Å²) in [5, 5.41) is 0.897. The summed E-state index contributed by atoms with van der Waals surface area (Å²) in [6, 6.07) is 15.7. The zero-order valence-corrected chi connectivity index (χ0v) is 13.8. The lowest BCUT2D eigenvalue weighted by Gasteiger charge is -2.12. The minimum atomic E-state index is -0.347. The Hall–Kier alpha value is -3.08. The van der Waals surface area contributed by atoms with E-state index in [1.807, 2.05) is 79.1 Å². The van der Waals surface area contributed by atoms with Crippen LogP contribution in [0.5, 0.6) is 0 Å². The van der Waals surface area contributed by atoms with Gasteiger partial charge >= 0.3 is 5.63 Å². The van der Waals surface area contributed by atoms with E-state index < -0.39 is 0 Å². The van der Waals surface area contributed by atoms with Crippen molar-refractivity contribution in [2.75, 3.05) is 19.0 Å². The molecule has 0 aliphatic heterocycles. The fraction of sp³-hybridized carbons (Fsp3) is 0.158. The molecule has 120 valence electrons. The van der Waals surface area contributed by atoms with E-state index in [9.17, 15) is 4.79 Å². The van der Waals surface area contributed by atoms with E-state index in [1.165, 1.54) is 0 Å². The molecule has 0 saturated carbocycles. The molecule has 24 heavy (non-hydrogen) atoms. The van der Waals surface area contributed by atoms with Crippen molar-refractivity contribution in [1.82, 2.24) is 4.98 Å². The predicted molar refractivity (Wildman–Crippen MR) is 95.3 cm³/mol. The Bertz CT molecular complexity index is 1120. The number of aromatic nitrogens is 2. The van der Waals surface area contributed by atoms with Crippen molar-refractivity contribution in [3.63, 3.8) is 0 Å². The fourth-order valence-electron chi connectivity index (χ4n) is 2.99. The Kier molecular flexibility index (Phi) is 3.16. The third kappa shape index (κ3) is 2.17. The molecule has 0 aliphatic carbocycles. The van der Waals surface area contributed by atoms with Crippen molar-refractivity contribution in [1.29, 1.82) is 0 Å². The van der Waals surface area contributed by atoms with Gasteiger partial charge in [0.2, 0.25) is 0 Å². The van der Waals surface area contributed by atoms with Crippen molar-refractivity contribution >= 4 is 27.7 Å². The first kappa shape index (κ1) is 14.5. The van der Waals surface area contributed by atoms with E-state index in [4.69, 9.17) is 4.42 Å². The molecule has 0 bridgehead atoms. The van der Waals surface area contributed by atoms with E-state index >= 15 is 0 Å². The van der Waals surface area contributed by atoms with Crippen LogP contribution in [-0.4, -0.2) is 19.1 Å². The molecule has 2 heterocycles. The molecular weight excluding hydrogens is 302 g/mol. The van der Waals surface area contributed by atoms with E-state index in [2.05, 4.69) is 4.98 Å². The van der Waals surface area contributed by atoms with Gasteiger partial charge in [0, 0.05) is 31.2 Å². The van der Waals surface area contributed by atoms with Crippen LogP contribution in [0.1, 0.15) is 0 Å². The normalized spacial score (nSPS) is 11.3. The molecule has 0 radical (unpaired) electrons. The number of aryl methyl sites for hydroxylation is 1. The Labute approximate surface area is 138 Å². The Morgan fingerprint density at radius 3 is 2.62 bits per heavy atom. The molecule has 0 aliphatic rings. The smallest absolute Gasteiger partial charge is 0.351 e. The molecule has 0 spiro atoms. The first-order chi connectivity index (χ1) is 11.5. The number of nitrogens with one attached hydrogen (secondary N) is 1. The third-order valence-electron chi connectivity index (χ3n) is 4.34. The van der Waals surface area contributed by atoms with Gasteiger partial charge in [0.25, 0.3) is 5.82 Å². The summed E-state index contributed by atoms with van der Waals surface area (Å²) < 4.78 is 7.55. The van der Waals surface area contributed by atoms with Crippen LogP contribution >= 0.6 is 0 Å². The van der Waals surface area contributed by atoms with Gasteiger partial charge in [-0.2, -0.15) is 0 Å². The van der Waals surface area contributed by atoms with Crippen molar-refractivity contribution in [2.24, 2.45) is 7.05 Å². The number of H-pyrrole nitrogens is 1. The number of hydrogen-bond acceptors (Lipinski definition) is 3. The highest BCUT2D eigenvalue weighted by Crippen LogP contribution is 2.23. The molecule has 4 rings (SSSR count). The molecule has 0 saturated heterocycles. The number of benzene rings is 2. The summed E-state index contributed by atoms with van der Waals surface area (Å²) in [5.74, 6) is 0.739. The predicted octanol–water partition coefficient (Wildman–Crippen LogP) is 2.83. The maximum Gasteiger partial charge on any atom is 0.351 e. The van der Waals surface area contributed by atoms with Gasteiger partial charge in [0.1, 0.15) is 5.58 Å². The molecule has 0 atom stereocenters. The summed E-state index contributed by atoms with van der Waals surface area (Å²) in [6.07, 6.45) is 0. The van der Waals surface area contributed by atoms with Crippen molar-refractivity contribution in [3.8, 4) is 11.4 Å². The molecule has 5 heteroatoms. The van der Waals surface area contributed by atoms with Crippen LogP contribution in [0.4, 0.5) is 5.69 Å². The first-order valence-electron chi connectivity index (χ1n) is 7.77. The van der Waals surface area contributed by atoms with Crippen LogP contribution in [0.3, 0.4) is 0 Å². The van der Waals surface area contributed by atoms with E-state index in [0.29, 0.717) is 11.1 Å². The number of para-hydroxylation sites is 2. The Morgan fingerprint density at radius 1 is 1.08 bits per heavy atom. The van der Waals surface area contributed by atoms with Gasteiger partial charge in [-0.05, 0) is 30.3 Å². The lowest BCUT2D eigenvalue weighted by Crippen LogP contribution is -2.30. The van der Waals surface area contributed by atoms with E-state index in [0.717, 1.165) is 27.9 Å². The maximum atomic E-state index is 12.5. The molecule has 0 fully saturated rings. The maximum absolute atomic E-state index is 12.5. The van der Waals surface area contributed by atoms with Crippen LogP contribution in [0, 0.1) is 0 Å². The molecule has 2 aromatic carbocycles. The first-order valence-corrected chi connectivity index (χ1v) is 7.77. The van der Waals surface area contributed by atoms with E-state index in [1.54, 1.807) is 0 Å². The summed E-state index contributed by atoms with van der Waals surface area (Å²) in [4.78, 5) is 17.8. The summed E-state index contributed by atoms with van der Waals surface area (Å²) in [7, 11) is 5.85. The van der Waals surface area contributed by atoms with Gasteiger partial charge in [-0.1, -0.05) is 12.1 Å². The number of nitrogens with zero attached hydrogens (tertiary/aromatic N) is 2. The molecule has 1 N–H and O–H groups in total. The minimum Gasteiger partial charge on any atom is -0.422 e. The fourth-order valence-corrected chi connectivity index (χ4v) is 2.99. The van der Waals surface area contributed by atoms with Crippen LogP contribution < -0.4 is 15.1 Å². The second kappa shape index (κ2) is 5.23. The molecular formula is C19H18N3O2+. The lowest BCUT2D eigenvalue weighted by atomic mass is 10.1. The number of anilines is 1. The highest BCUT2D eigenvalue weighted by Gasteiger charge is 2.21. The zero-order chi connectivity index (χ0) is 16.8. The number of rotatable bonds is 2. The van der Waals surface area contributed by atoms with Gasteiger partial charge < -0.3 is 9.32 Å². The zero-order valence-electron chi connectivity index (χ0n) is 13.8. The van der Waals surface area contributed by atoms with Crippen LogP contribution in [-0.2, 0) is 7.05 Å². The summed E-state index contributed by atoms with van der Waals surface area (Å²) in [6.45, 7) is 0. The van der Waals surface area contributed by atoms with Gasteiger partial charge in [0.15, 0.2) is 16.6 Å².